The molecule has 0 spiro atoms. The second-order valence-corrected chi connectivity index (χ2v) is 6.20. The number of aliphatic hydroxyl groups excluding tert-OH is 1. The van der Waals surface area contributed by atoms with Gasteiger partial charge in [-0.15, -0.1) is 0 Å². The molecule has 0 saturated carbocycles. The molecule has 5 heteroatoms. The Balaban J connectivity index is 1.91. The fraction of sp³-hybridized carbons (Fsp3) is 0.300. The summed E-state index contributed by atoms with van der Waals surface area (Å²) in [6.45, 7) is 3.79. The largest absolute Gasteiger partial charge is 0.388 e. The molecule has 0 radical (unpaired) electrons. The third kappa shape index (κ3) is 5.16. The van der Waals surface area contributed by atoms with E-state index >= 15 is 0 Å². The highest BCUT2D eigenvalue weighted by molar-refractivity contribution is 5.95. The van der Waals surface area contributed by atoms with E-state index in [1.807, 2.05) is 50.2 Å². The van der Waals surface area contributed by atoms with Gasteiger partial charge in [0.1, 0.15) is 0 Å². The maximum absolute atomic E-state index is 12.2. The molecular formula is C20H24N2O3. The van der Waals surface area contributed by atoms with Crippen molar-refractivity contribution in [1.29, 1.82) is 0 Å². The van der Waals surface area contributed by atoms with Crippen molar-refractivity contribution in [3.05, 3.63) is 65.2 Å². The Labute approximate surface area is 148 Å². The summed E-state index contributed by atoms with van der Waals surface area (Å²) in [6, 6.07) is 14.8. The van der Waals surface area contributed by atoms with E-state index in [4.69, 9.17) is 0 Å². The van der Waals surface area contributed by atoms with Gasteiger partial charge < -0.3 is 15.3 Å². The minimum atomic E-state index is -0.877. The second kappa shape index (κ2) is 8.44. The van der Waals surface area contributed by atoms with Crippen LogP contribution >= 0.6 is 0 Å². The van der Waals surface area contributed by atoms with Gasteiger partial charge in [0.2, 0.25) is 11.8 Å². The van der Waals surface area contributed by atoms with Gasteiger partial charge in [-0.05, 0) is 30.5 Å². The summed E-state index contributed by atoms with van der Waals surface area (Å²) in [5.74, 6) is -0.546. The van der Waals surface area contributed by atoms with Crippen molar-refractivity contribution in [3.63, 3.8) is 0 Å². The maximum atomic E-state index is 12.2. The number of hydrogen-bond donors (Lipinski definition) is 2. The van der Waals surface area contributed by atoms with Crippen molar-refractivity contribution in [2.45, 2.75) is 26.4 Å². The zero-order valence-electron chi connectivity index (χ0n) is 14.8. The molecule has 0 aromatic heterocycles. The molecule has 2 N–H and O–H groups in total. The number of amides is 2. The van der Waals surface area contributed by atoms with Crippen molar-refractivity contribution in [2.24, 2.45) is 0 Å². The third-order valence-corrected chi connectivity index (χ3v) is 4.10. The number of para-hydroxylation sites is 1. The molecule has 1 unspecified atom stereocenters. The molecule has 0 fully saturated rings. The normalized spacial score (nSPS) is 11.7. The van der Waals surface area contributed by atoms with Gasteiger partial charge >= 0.3 is 0 Å². The molecule has 2 aromatic rings. The van der Waals surface area contributed by atoms with Gasteiger partial charge in [0.15, 0.2) is 0 Å². The SMILES string of the molecule is Cc1cccc(C)c1NC(=O)CN(C)C(=O)CC(O)c1ccccc1. The number of aryl methyl sites for hydroxylation is 2. The number of carbonyl (C=O) groups excluding carboxylic acids is 2. The summed E-state index contributed by atoms with van der Waals surface area (Å²) < 4.78 is 0. The third-order valence-electron chi connectivity index (χ3n) is 4.10. The fourth-order valence-electron chi connectivity index (χ4n) is 2.61. The van der Waals surface area contributed by atoms with Gasteiger partial charge in [0.25, 0.3) is 0 Å². The summed E-state index contributed by atoms with van der Waals surface area (Å²) in [5, 5.41) is 13.0. The van der Waals surface area contributed by atoms with Crippen LogP contribution < -0.4 is 5.32 Å². The van der Waals surface area contributed by atoms with Crippen molar-refractivity contribution < 1.29 is 14.7 Å². The van der Waals surface area contributed by atoms with E-state index in [9.17, 15) is 14.7 Å². The Morgan fingerprint density at radius 1 is 1.04 bits per heavy atom. The lowest BCUT2D eigenvalue weighted by Gasteiger charge is -2.20. The van der Waals surface area contributed by atoms with Gasteiger partial charge in [-0.2, -0.15) is 0 Å². The highest BCUT2D eigenvalue weighted by atomic mass is 16.3. The van der Waals surface area contributed by atoms with E-state index < -0.39 is 6.10 Å². The van der Waals surface area contributed by atoms with Crippen LogP contribution in [0, 0.1) is 13.8 Å². The zero-order chi connectivity index (χ0) is 18.4. The molecular weight excluding hydrogens is 316 g/mol. The Hall–Kier alpha value is -2.66. The second-order valence-electron chi connectivity index (χ2n) is 6.20. The Bertz CT molecular complexity index is 724. The minimum absolute atomic E-state index is 0.0583. The maximum Gasteiger partial charge on any atom is 0.243 e. The molecule has 2 aromatic carbocycles. The molecule has 2 rings (SSSR count). The van der Waals surface area contributed by atoms with Gasteiger partial charge in [0.05, 0.1) is 19.1 Å². The predicted octanol–water partition coefficient (Wildman–Crippen LogP) is 2.82. The molecule has 25 heavy (non-hydrogen) atoms. The quantitative estimate of drug-likeness (QED) is 0.849. The average Bonchev–Trinajstić information content (AvgIpc) is 2.59. The van der Waals surface area contributed by atoms with Gasteiger partial charge in [-0.1, -0.05) is 48.5 Å². The summed E-state index contributed by atoms with van der Waals surface area (Å²) in [5.41, 5.74) is 3.41. The number of nitrogens with zero attached hydrogens (tertiary/aromatic N) is 1. The van der Waals surface area contributed by atoms with Crippen LogP contribution in [0.15, 0.2) is 48.5 Å². The topological polar surface area (TPSA) is 69.6 Å². The number of carbonyl (C=O) groups is 2. The molecule has 0 aliphatic rings. The number of likely N-dealkylation sites (N-methyl/N-ethyl adjacent to an activating group) is 1. The summed E-state index contributed by atoms with van der Waals surface area (Å²) >= 11 is 0. The van der Waals surface area contributed by atoms with Crippen LogP contribution in [0.2, 0.25) is 0 Å². The van der Waals surface area contributed by atoms with Crippen molar-refractivity contribution in [2.75, 3.05) is 18.9 Å². The van der Waals surface area contributed by atoms with Crippen LogP contribution in [0.1, 0.15) is 29.2 Å². The first-order valence-corrected chi connectivity index (χ1v) is 8.21. The summed E-state index contributed by atoms with van der Waals surface area (Å²) in [6.07, 6.45) is -0.935. The van der Waals surface area contributed by atoms with Crippen molar-refractivity contribution in [1.82, 2.24) is 4.90 Å². The van der Waals surface area contributed by atoms with E-state index in [0.29, 0.717) is 5.56 Å². The van der Waals surface area contributed by atoms with E-state index in [0.717, 1.165) is 16.8 Å². The van der Waals surface area contributed by atoms with Crippen LogP contribution in [-0.4, -0.2) is 35.4 Å². The molecule has 2 amide bonds. The number of hydrogen-bond acceptors (Lipinski definition) is 3. The van der Waals surface area contributed by atoms with Gasteiger partial charge in [0, 0.05) is 12.7 Å². The first-order chi connectivity index (χ1) is 11.9. The van der Waals surface area contributed by atoms with E-state index in [-0.39, 0.29) is 24.8 Å². The Kier molecular flexibility index (Phi) is 6.31. The molecule has 1 atom stereocenters. The van der Waals surface area contributed by atoms with Crippen LogP contribution in [0.3, 0.4) is 0 Å². The summed E-state index contributed by atoms with van der Waals surface area (Å²) in [7, 11) is 1.56. The Morgan fingerprint density at radius 2 is 1.64 bits per heavy atom. The summed E-state index contributed by atoms with van der Waals surface area (Å²) in [4.78, 5) is 25.8. The standard InChI is InChI=1S/C20H24N2O3/c1-14-8-7-9-15(2)20(14)21-18(24)13-22(3)19(25)12-17(23)16-10-5-4-6-11-16/h4-11,17,23H,12-13H2,1-3H3,(H,21,24). The smallest absolute Gasteiger partial charge is 0.243 e. The van der Waals surface area contributed by atoms with E-state index in [1.54, 1.807) is 19.2 Å². The highest BCUT2D eigenvalue weighted by Gasteiger charge is 2.18. The number of anilines is 1. The average molecular weight is 340 g/mol. The molecule has 0 aliphatic carbocycles. The van der Waals surface area contributed by atoms with Gasteiger partial charge in [-0.25, -0.2) is 0 Å². The van der Waals surface area contributed by atoms with Crippen molar-refractivity contribution >= 4 is 17.5 Å². The lowest BCUT2D eigenvalue weighted by molar-refractivity contribution is -0.135. The van der Waals surface area contributed by atoms with E-state index in [1.165, 1.54) is 4.90 Å². The molecule has 0 bridgehead atoms. The lowest BCUT2D eigenvalue weighted by Crippen LogP contribution is -2.35. The van der Waals surface area contributed by atoms with Crippen LogP contribution in [0.25, 0.3) is 0 Å². The lowest BCUT2D eigenvalue weighted by atomic mass is 10.1. The number of benzene rings is 2. The highest BCUT2D eigenvalue weighted by Crippen LogP contribution is 2.20. The molecule has 5 nitrogen and oxygen atoms in total. The molecule has 0 saturated heterocycles. The monoisotopic (exact) mass is 340 g/mol. The molecule has 0 aliphatic heterocycles. The predicted molar refractivity (Wildman–Crippen MR) is 98.2 cm³/mol. The number of rotatable bonds is 6. The first kappa shape index (κ1) is 18.7. The van der Waals surface area contributed by atoms with Crippen LogP contribution in [0.5, 0.6) is 0 Å². The number of aliphatic hydroxyl groups is 1. The molecule has 132 valence electrons. The van der Waals surface area contributed by atoms with Crippen LogP contribution in [0.4, 0.5) is 5.69 Å². The van der Waals surface area contributed by atoms with Gasteiger partial charge in [-0.3, -0.25) is 9.59 Å². The van der Waals surface area contributed by atoms with E-state index in [2.05, 4.69) is 5.32 Å². The fourth-order valence-corrected chi connectivity index (χ4v) is 2.61. The Morgan fingerprint density at radius 3 is 2.24 bits per heavy atom. The van der Waals surface area contributed by atoms with Crippen LogP contribution in [-0.2, 0) is 9.59 Å². The minimum Gasteiger partial charge on any atom is -0.388 e. The first-order valence-electron chi connectivity index (χ1n) is 8.21. The van der Waals surface area contributed by atoms with Crippen molar-refractivity contribution in [3.8, 4) is 0 Å². The molecule has 0 heterocycles. The number of nitrogens with one attached hydrogen (secondary N) is 1. The zero-order valence-corrected chi connectivity index (χ0v) is 14.8.